The molecule has 1 amide bonds. The maximum Gasteiger partial charge on any atom is 0.407 e. The molecule has 1 aliphatic rings. The van der Waals surface area contributed by atoms with E-state index >= 15 is 0 Å². The SMILES string of the molecule is CC(C)(C)OC(=O)NC1CCC([C@H](N)C(=O)OCc2ccccc2)CC1. The molecular weight excluding hydrogens is 332 g/mol. The molecule has 0 spiro atoms. The zero-order valence-corrected chi connectivity index (χ0v) is 15.9. The van der Waals surface area contributed by atoms with E-state index in [0.717, 1.165) is 31.2 Å². The van der Waals surface area contributed by atoms with E-state index in [1.165, 1.54) is 0 Å². The van der Waals surface area contributed by atoms with Crippen molar-refractivity contribution in [2.75, 3.05) is 0 Å². The average molecular weight is 362 g/mol. The first kappa shape index (κ1) is 20.2. The normalized spacial score (nSPS) is 21.5. The minimum atomic E-state index is -0.624. The monoisotopic (exact) mass is 362 g/mol. The smallest absolute Gasteiger partial charge is 0.407 e. The second kappa shape index (κ2) is 9.03. The number of ether oxygens (including phenoxy) is 2. The Hall–Kier alpha value is -2.08. The lowest BCUT2D eigenvalue weighted by Gasteiger charge is -2.32. The highest BCUT2D eigenvalue weighted by molar-refractivity contribution is 5.76. The molecule has 3 N–H and O–H groups in total. The molecular formula is C20H30N2O4. The average Bonchev–Trinajstić information content (AvgIpc) is 2.59. The zero-order chi connectivity index (χ0) is 19.2. The maximum atomic E-state index is 12.2. The molecule has 1 aliphatic carbocycles. The summed E-state index contributed by atoms with van der Waals surface area (Å²) in [6.07, 6.45) is 2.73. The van der Waals surface area contributed by atoms with Crippen LogP contribution < -0.4 is 11.1 Å². The fourth-order valence-corrected chi connectivity index (χ4v) is 3.11. The lowest BCUT2D eigenvalue weighted by molar-refractivity contribution is -0.148. The third-order valence-electron chi connectivity index (χ3n) is 4.50. The Morgan fingerprint density at radius 1 is 1.15 bits per heavy atom. The van der Waals surface area contributed by atoms with Crippen LogP contribution in [0.5, 0.6) is 0 Å². The highest BCUT2D eigenvalue weighted by atomic mass is 16.6. The largest absolute Gasteiger partial charge is 0.460 e. The summed E-state index contributed by atoms with van der Waals surface area (Å²) in [4.78, 5) is 24.0. The first-order valence-corrected chi connectivity index (χ1v) is 9.20. The number of hydrogen-bond donors (Lipinski definition) is 2. The van der Waals surface area contributed by atoms with E-state index in [1.54, 1.807) is 0 Å². The van der Waals surface area contributed by atoms with Gasteiger partial charge in [-0.2, -0.15) is 0 Å². The van der Waals surface area contributed by atoms with Gasteiger partial charge in [0, 0.05) is 6.04 Å². The predicted molar refractivity (Wildman–Crippen MR) is 99.3 cm³/mol. The summed E-state index contributed by atoms with van der Waals surface area (Å²) in [6, 6.07) is 8.98. The molecule has 1 aromatic rings. The molecule has 1 atom stereocenters. The number of benzene rings is 1. The standard InChI is InChI=1S/C20H30N2O4/c1-20(2,3)26-19(24)22-16-11-9-15(10-12-16)17(21)18(23)25-13-14-7-5-4-6-8-14/h4-8,15-17H,9-13,21H2,1-3H3,(H,22,24)/t15?,16?,17-/m0/s1. The van der Waals surface area contributed by atoms with Crippen molar-refractivity contribution in [1.29, 1.82) is 0 Å². The van der Waals surface area contributed by atoms with Crippen LogP contribution in [0, 0.1) is 5.92 Å². The Morgan fingerprint density at radius 3 is 2.35 bits per heavy atom. The minimum Gasteiger partial charge on any atom is -0.460 e. The van der Waals surface area contributed by atoms with Crippen molar-refractivity contribution in [1.82, 2.24) is 5.32 Å². The topological polar surface area (TPSA) is 90.6 Å². The van der Waals surface area contributed by atoms with Crippen LogP contribution in [0.25, 0.3) is 0 Å². The van der Waals surface area contributed by atoms with E-state index in [1.807, 2.05) is 51.1 Å². The fourth-order valence-electron chi connectivity index (χ4n) is 3.11. The third kappa shape index (κ3) is 6.67. The van der Waals surface area contributed by atoms with Crippen molar-refractivity contribution in [3.63, 3.8) is 0 Å². The molecule has 0 heterocycles. The van der Waals surface area contributed by atoms with Gasteiger partial charge in [-0.3, -0.25) is 4.79 Å². The molecule has 0 radical (unpaired) electrons. The van der Waals surface area contributed by atoms with E-state index in [2.05, 4.69) is 5.32 Å². The molecule has 0 saturated heterocycles. The molecule has 144 valence electrons. The van der Waals surface area contributed by atoms with Crippen LogP contribution in [0.1, 0.15) is 52.0 Å². The van der Waals surface area contributed by atoms with E-state index in [-0.39, 0.29) is 24.5 Å². The van der Waals surface area contributed by atoms with Crippen molar-refractivity contribution in [2.24, 2.45) is 11.7 Å². The van der Waals surface area contributed by atoms with Gasteiger partial charge in [-0.05, 0) is 57.9 Å². The number of rotatable bonds is 5. The molecule has 0 aromatic heterocycles. The van der Waals surface area contributed by atoms with Crippen LogP contribution in [-0.2, 0) is 20.9 Å². The van der Waals surface area contributed by atoms with Gasteiger partial charge in [-0.25, -0.2) is 4.79 Å². The molecule has 0 aliphatic heterocycles. The number of alkyl carbamates (subject to hydrolysis) is 1. The van der Waals surface area contributed by atoms with Crippen molar-refractivity contribution >= 4 is 12.1 Å². The summed E-state index contributed by atoms with van der Waals surface area (Å²) in [5, 5.41) is 2.89. The molecule has 1 aromatic carbocycles. The van der Waals surface area contributed by atoms with E-state index in [0.29, 0.717) is 0 Å². The van der Waals surface area contributed by atoms with Gasteiger partial charge in [0.15, 0.2) is 0 Å². The Kier molecular flexibility index (Phi) is 7.03. The fraction of sp³-hybridized carbons (Fsp3) is 0.600. The van der Waals surface area contributed by atoms with Gasteiger partial charge >= 0.3 is 12.1 Å². The van der Waals surface area contributed by atoms with Gasteiger partial charge in [0.1, 0.15) is 18.2 Å². The van der Waals surface area contributed by atoms with E-state index < -0.39 is 17.7 Å². The van der Waals surface area contributed by atoms with E-state index in [9.17, 15) is 9.59 Å². The Balaban J connectivity index is 1.72. The number of esters is 1. The van der Waals surface area contributed by atoms with Crippen molar-refractivity contribution < 1.29 is 19.1 Å². The third-order valence-corrected chi connectivity index (χ3v) is 4.50. The summed E-state index contributed by atoms with van der Waals surface area (Å²) in [5.41, 5.74) is 6.53. The van der Waals surface area contributed by atoms with E-state index in [4.69, 9.17) is 15.2 Å². The highest BCUT2D eigenvalue weighted by Crippen LogP contribution is 2.27. The van der Waals surface area contributed by atoms with Gasteiger partial charge in [0.2, 0.25) is 0 Å². The predicted octanol–water partition coefficient (Wildman–Crippen LogP) is 3.14. The molecule has 0 unspecified atom stereocenters. The van der Waals surface area contributed by atoms with Crippen LogP contribution >= 0.6 is 0 Å². The van der Waals surface area contributed by atoms with Gasteiger partial charge in [-0.1, -0.05) is 30.3 Å². The quantitative estimate of drug-likeness (QED) is 0.785. The van der Waals surface area contributed by atoms with Crippen molar-refractivity contribution in [3.05, 3.63) is 35.9 Å². The number of hydrogen-bond acceptors (Lipinski definition) is 5. The van der Waals surface area contributed by atoms with Crippen LogP contribution in [0.4, 0.5) is 4.79 Å². The van der Waals surface area contributed by atoms with Crippen molar-refractivity contribution in [3.8, 4) is 0 Å². The van der Waals surface area contributed by atoms with Gasteiger partial charge in [0.05, 0.1) is 0 Å². The van der Waals surface area contributed by atoms with Crippen LogP contribution in [0.15, 0.2) is 30.3 Å². The first-order valence-electron chi connectivity index (χ1n) is 9.20. The summed E-state index contributed by atoms with van der Waals surface area (Å²) < 4.78 is 10.6. The van der Waals surface area contributed by atoms with Crippen LogP contribution in [0.2, 0.25) is 0 Å². The molecule has 26 heavy (non-hydrogen) atoms. The lowest BCUT2D eigenvalue weighted by atomic mass is 9.82. The number of nitrogens with two attached hydrogens (primary N) is 1. The number of nitrogens with one attached hydrogen (secondary N) is 1. The second-order valence-corrected chi connectivity index (χ2v) is 7.88. The Labute approximate surface area is 155 Å². The summed E-state index contributed by atoms with van der Waals surface area (Å²) in [7, 11) is 0. The molecule has 6 heteroatoms. The molecule has 2 rings (SSSR count). The summed E-state index contributed by atoms with van der Waals surface area (Å²) >= 11 is 0. The summed E-state index contributed by atoms with van der Waals surface area (Å²) in [5.74, 6) is -0.285. The number of carbonyl (C=O) groups excluding carboxylic acids is 2. The summed E-state index contributed by atoms with van der Waals surface area (Å²) in [6.45, 7) is 5.75. The molecule has 6 nitrogen and oxygen atoms in total. The van der Waals surface area contributed by atoms with Crippen LogP contribution in [-0.4, -0.2) is 29.7 Å². The zero-order valence-electron chi connectivity index (χ0n) is 15.9. The number of carbonyl (C=O) groups is 2. The number of amides is 1. The minimum absolute atomic E-state index is 0.0636. The lowest BCUT2D eigenvalue weighted by Crippen LogP contribution is -2.45. The molecule has 1 saturated carbocycles. The first-order chi connectivity index (χ1) is 12.2. The maximum absolute atomic E-state index is 12.2. The van der Waals surface area contributed by atoms with Gasteiger partial charge in [-0.15, -0.1) is 0 Å². The van der Waals surface area contributed by atoms with Crippen molar-refractivity contribution in [2.45, 2.75) is 70.7 Å². The van der Waals surface area contributed by atoms with Gasteiger partial charge in [0.25, 0.3) is 0 Å². The van der Waals surface area contributed by atoms with Gasteiger partial charge < -0.3 is 20.5 Å². The second-order valence-electron chi connectivity index (χ2n) is 7.88. The Bertz CT molecular complexity index is 590. The molecule has 1 fully saturated rings. The molecule has 0 bridgehead atoms. The van der Waals surface area contributed by atoms with Crippen LogP contribution in [0.3, 0.4) is 0 Å². The Morgan fingerprint density at radius 2 is 1.77 bits per heavy atom. The highest BCUT2D eigenvalue weighted by Gasteiger charge is 2.31.